The van der Waals surface area contributed by atoms with Gasteiger partial charge in [0.05, 0.1) is 11.4 Å². The highest BCUT2D eigenvalue weighted by molar-refractivity contribution is 5.97. The Bertz CT molecular complexity index is 385. The van der Waals surface area contributed by atoms with Crippen LogP contribution in [0.4, 0.5) is 0 Å². The van der Waals surface area contributed by atoms with Crippen molar-refractivity contribution in [2.75, 3.05) is 0 Å². The summed E-state index contributed by atoms with van der Waals surface area (Å²) < 4.78 is 0. The van der Waals surface area contributed by atoms with Crippen LogP contribution in [-0.2, 0) is 0 Å². The molecule has 1 heterocycles. The van der Waals surface area contributed by atoms with Crippen LogP contribution < -0.4 is 17.3 Å². The van der Waals surface area contributed by atoms with E-state index < -0.39 is 6.17 Å². The minimum atomic E-state index is -0.747. The van der Waals surface area contributed by atoms with Crippen LogP contribution in [0.5, 0.6) is 0 Å². The Kier molecular flexibility index (Phi) is 2.71. The van der Waals surface area contributed by atoms with Crippen LogP contribution in [0, 0.1) is 17.2 Å². The molecular formula is C10H16N6. The van der Waals surface area contributed by atoms with Gasteiger partial charge in [0.25, 0.3) is 0 Å². The first-order valence-corrected chi connectivity index (χ1v) is 5.42. The lowest BCUT2D eigenvalue weighted by Crippen LogP contribution is -2.47. The highest BCUT2D eigenvalue weighted by Gasteiger charge is 2.32. The van der Waals surface area contributed by atoms with E-state index in [2.05, 4.69) is 4.99 Å². The van der Waals surface area contributed by atoms with E-state index in [0.29, 0.717) is 11.6 Å². The Morgan fingerprint density at radius 2 is 1.94 bits per heavy atom. The van der Waals surface area contributed by atoms with Gasteiger partial charge in [-0.2, -0.15) is 5.26 Å². The minimum Gasteiger partial charge on any atom is -0.394 e. The van der Waals surface area contributed by atoms with Crippen LogP contribution in [0.3, 0.4) is 0 Å². The third kappa shape index (κ3) is 1.59. The van der Waals surface area contributed by atoms with Crippen molar-refractivity contribution in [3.8, 4) is 6.07 Å². The molecule has 1 atom stereocenters. The van der Waals surface area contributed by atoms with Crippen LogP contribution in [0.25, 0.3) is 0 Å². The van der Waals surface area contributed by atoms with Crippen molar-refractivity contribution in [2.24, 2.45) is 28.2 Å². The predicted octanol–water partition coefficient (Wildman–Crippen LogP) is -0.257. The summed E-state index contributed by atoms with van der Waals surface area (Å²) in [7, 11) is 0. The zero-order valence-electron chi connectivity index (χ0n) is 9.06. The molecule has 6 heteroatoms. The molecule has 1 aliphatic heterocycles. The van der Waals surface area contributed by atoms with Gasteiger partial charge in [-0.3, -0.25) is 5.01 Å². The Morgan fingerprint density at radius 3 is 2.50 bits per heavy atom. The lowest BCUT2D eigenvalue weighted by atomic mass is 10.00. The average Bonchev–Trinajstić information content (AvgIpc) is 2.77. The van der Waals surface area contributed by atoms with E-state index in [9.17, 15) is 0 Å². The SMILES string of the molecule is N#CC1N=C(N)C(N)=C(C2CCCC2)N1N. The van der Waals surface area contributed by atoms with Crippen LogP contribution in [0.2, 0.25) is 0 Å². The Morgan fingerprint density at radius 1 is 1.31 bits per heavy atom. The van der Waals surface area contributed by atoms with Gasteiger partial charge in [-0.25, -0.2) is 10.8 Å². The highest BCUT2D eigenvalue weighted by Crippen LogP contribution is 2.34. The fraction of sp³-hybridized carbons (Fsp3) is 0.600. The van der Waals surface area contributed by atoms with E-state index in [4.69, 9.17) is 22.6 Å². The second-order valence-electron chi connectivity index (χ2n) is 4.20. The van der Waals surface area contributed by atoms with Gasteiger partial charge in [-0.15, -0.1) is 0 Å². The van der Waals surface area contributed by atoms with Crippen LogP contribution in [0.1, 0.15) is 25.7 Å². The second-order valence-corrected chi connectivity index (χ2v) is 4.20. The van der Waals surface area contributed by atoms with Crippen LogP contribution in [0.15, 0.2) is 16.4 Å². The van der Waals surface area contributed by atoms with Crippen molar-refractivity contribution < 1.29 is 0 Å². The Labute approximate surface area is 94.4 Å². The lowest BCUT2D eigenvalue weighted by Gasteiger charge is -2.32. The van der Waals surface area contributed by atoms with E-state index in [1.807, 2.05) is 6.07 Å². The van der Waals surface area contributed by atoms with Gasteiger partial charge >= 0.3 is 0 Å². The zero-order chi connectivity index (χ0) is 11.7. The molecule has 0 bridgehead atoms. The van der Waals surface area contributed by atoms with Crippen LogP contribution in [-0.4, -0.2) is 17.0 Å². The molecule has 0 saturated heterocycles. The number of nitrogens with two attached hydrogens (primary N) is 3. The maximum Gasteiger partial charge on any atom is 0.224 e. The van der Waals surface area contributed by atoms with Gasteiger partial charge < -0.3 is 11.5 Å². The van der Waals surface area contributed by atoms with Crippen molar-refractivity contribution in [3.05, 3.63) is 11.4 Å². The van der Waals surface area contributed by atoms with Gasteiger partial charge in [0, 0.05) is 5.92 Å². The van der Waals surface area contributed by atoms with E-state index in [0.717, 1.165) is 18.5 Å². The van der Waals surface area contributed by atoms with Crippen molar-refractivity contribution in [3.63, 3.8) is 0 Å². The third-order valence-corrected chi connectivity index (χ3v) is 3.21. The number of nitrogens with zero attached hydrogens (tertiary/aromatic N) is 3. The first kappa shape index (κ1) is 10.8. The molecule has 0 radical (unpaired) electrons. The molecular weight excluding hydrogens is 204 g/mol. The van der Waals surface area contributed by atoms with Crippen molar-refractivity contribution in [2.45, 2.75) is 31.8 Å². The number of amidine groups is 1. The number of allylic oxidation sites excluding steroid dienone is 1. The maximum atomic E-state index is 8.93. The summed E-state index contributed by atoms with van der Waals surface area (Å²) in [5.41, 5.74) is 12.8. The fourth-order valence-corrected chi connectivity index (χ4v) is 2.39. The van der Waals surface area contributed by atoms with Gasteiger partial charge in [0.2, 0.25) is 6.17 Å². The normalized spacial score (nSPS) is 26.9. The summed E-state index contributed by atoms with van der Waals surface area (Å²) in [6, 6.07) is 2.00. The number of aliphatic imine (C=N–C) groups is 1. The standard InChI is InChI=1S/C10H16N6/c11-5-7-15-10(13)8(12)9(16(7)14)6-3-1-2-4-6/h6-7H,1-4,12,14H2,(H2,13,15). The van der Waals surface area contributed by atoms with Crippen molar-refractivity contribution >= 4 is 5.84 Å². The first-order valence-electron chi connectivity index (χ1n) is 5.42. The quantitative estimate of drug-likeness (QED) is 0.526. The molecule has 0 spiro atoms. The second kappa shape index (κ2) is 4.02. The smallest absolute Gasteiger partial charge is 0.224 e. The monoisotopic (exact) mass is 220 g/mol. The molecule has 86 valence electrons. The molecule has 6 nitrogen and oxygen atoms in total. The molecule has 2 rings (SSSR count). The predicted molar refractivity (Wildman–Crippen MR) is 60.2 cm³/mol. The molecule has 0 aromatic carbocycles. The van der Waals surface area contributed by atoms with Crippen molar-refractivity contribution in [1.82, 2.24) is 5.01 Å². The molecule has 0 aromatic rings. The van der Waals surface area contributed by atoms with Crippen molar-refractivity contribution in [1.29, 1.82) is 5.26 Å². The van der Waals surface area contributed by atoms with E-state index in [1.165, 1.54) is 17.9 Å². The summed E-state index contributed by atoms with van der Waals surface area (Å²) in [6.45, 7) is 0. The summed E-state index contributed by atoms with van der Waals surface area (Å²) >= 11 is 0. The molecule has 6 N–H and O–H groups in total. The number of hydrazine groups is 1. The van der Waals surface area contributed by atoms with Crippen LogP contribution >= 0.6 is 0 Å². The summed E-state index contributed by atoms with van der Waals surface area (Å²) in [5, 5.41) is 10.3. The number of nitriles is 1. The molecule has 16 heavy (non-hydrogen) atoms. The van der Waals surface area contributed by atoms with Gasteiger partial charge in [0.1, 0.15) is 11.9 Å². The third-order valence-electron chi connectivity index (χ3n) is 3.21. The summed E-state index contributed by atoms with van der Waals surface area (Å²) in [4.78, 5) is 3.94. The van der Waals surface area contributed by atoms with E-state index in [1.54, 1.807) is 0 Å². The molecule has 1 saturated carbocycles. The minimum absolute atomic E-state index is 0.232. The Hall–Kier alpha value is -1.74. The summed E-state index contributed by atoms with van der Waals surface area (Å²) in [5.74, 6) is 6.42. The Balaban J connectivity index is 2.35. The molecule has 0 aromatic heterocycles. The van der Waals surface area contributed by atoms with E-state index in [-0.39, 0.29) is 5.84 Å². The zero-order valence-corrected chi connectivity index (χ0v) is 9.06. The largest absolute Gasteiger partial charge is 0.394 e. The average molecular weight is 220 g/mol. The summed E-state index contributed by atoms with van der Waals surface area (Å²) in [6.07, 6.45) is 3.69. The van der Waals surface area contributed by atoms with Gasteiger partial charge in [0.15, 0.2) is 0 Å². The van der Waals surface area contributed by atoms with Gasteiger partial charge in [-0.1, -0.05) is 12.8 Å². The molecule has 1 fully saturated rings. The topological polar surface area (TPSA) is 117 Å². The number of hydrogen-bond donors (Lipinski definition) is 3. The molecule has 2 aliphatic rings. The first-order chi connectivity index (χ1) is 7.65. The van der Waals surface area contributed by atoms with Gasteiger partial charge in [-0.05, 0) is 12.8 Å². The molecule has 1 unspecified atom stereocenters. The molecule has 1 aliphatic carbocycles. The lowest BCUT2D eigenvalue weighted by molar-refractivity contribution is 0.267. The molecule has 0 amide bonds. The highest BCUT2D eigenvalue weighted by atomic mass is 15.5. The maximum absolute atomic E-state index is 8.93. The van der Waals surface area contributed by atoms with E-state index >= 15 is 0 Å². The number of hydrogen-bond acceptors (Lipinski definition) is 6. The number of rotatable bonds is 1. The fourth-order valence-electron chi connectivity index (χ4n) is 2.39.